The van der Waals surface area contributed by atoms with E-state index in [1.807, 2.05) is 38.1 Å². The molecule has 15 heteroatoms. The van der Waals surface area contributed by atoms with Crippen molar-refractivity contribution in [3.63, 3.8) is 0 Å². The predicted octanol–water partition coefficient (Wildman–Crippen LogP) is 1.15. The first kappa shape index (κ1) is 29.2. The zero-order valence-corrected chi connectivity index (χ0v) is 22.4. The largest absolute Gasteiger partial charge is 0.373 e. The van der Waals surface area contributed by atoms with E-state index in [1.165, 1.54) is 0 Å². The number of hydrogen-bond donors (Lipinski definition) is 1. The molecule has 0 aliphatic carbocycles. The Hall–Kier alpha value is -3.40. The SMILES string of the molecule is Cc1nnc(-c2ccc(C(C)(C)OCC(C)(C)OCCC(=O)ON3C(=O)CC(S(=O)(=O)O)C3=O)cc2)nn1. The van der Waals surface area contributed by atoms with Crippen molar-refractivity contribution in [3.8, 4) is 11.4 Å². The van der Waals surface area contributed by atoms with Gasteiger partial charge >= 0.3 is 5.97 Å². The average molecular weight is 552 g/mol. The summed E-state index contributed by atoms with van der Waals surface area (Å²) in [4.78, 5) is 40.5. The van der Waals surface area contributed by atoms with Gasteiger partial charge in [0.2, 0.25) is 5.82 Å². The van der Waals surface area contributed by atoms with Gasteiger partial charge in [-0.25, -0.2) is 4.79 Å². The fourth-order valence-corrected chi connectivity index (χ4v) is 4.07. The molecule has 2 amide bonds. The molecule has 3 rings (SSSR count). The first-order valence-electron chi connectivity index (χ1n) is 11.6. The molecule has 0 radical (unpaired) electrons. The number of amides is 2. The minimum absolute atomic E-state index is 0.0563. The lowest BCUT2D eigenvalue weighted by Crippen LogP contribution is -2.38. The van der Waals surface area contributed by atoms with Crippen LogP contribution in [-0.4, -0.2) is 80.3 Å². The van der Waals surface area contributed by atoms with Crippen molar-refractivity contribution in [2.45, 2.75) is 63.9 Å². The quantitative estimate of drug-likeness (QED) is 0.310. The highest BCUT2D eigenvalue weighted by molar-refractivity contribution is 7.87. The van der Waals surface area contributed by atoms with Crippen molar-refractivity contribution in [1.29, 1.82) is 0 Å². The molecule has 0 bridgehead atoms. The third-order valence-electron chi connectivity index (χ3n) is 5.61. The number of aryl methyl sites for hydroxylation is 1. The molecule has 0 saturated carbocycles. The highest BCUT2D eigenvalue weighted by Crippen LogP contribution is 2.28. The summed E-state index contributed by atoms with van der Waals surface area (Å²) in [5, 5.41) is 13.9. The molecular formula is C23H29N5O9S. The molecule has 1 aliphatic rings. The first-order chi connectivity index (χ1) is 17.6. The fourth-order valence-electron chi connectivity index (χ4n) is 3.36. The molecule has 1 N–H and O–H groups in total. The number of hydroxylamine groups is 2. The summed E-state index contributed by atoms with van der Waals surface area (Å²) in [6.45, 7) is 9.04. The molecule has 206 valence electrons. The number of benzene rings is 1. The van der Waals surface area contributed by atoms with Crippen molar-refractivity contribution in [2.24, 2.45) is 0 Å². The lowest BCUT2D eigenvalue weighted by atomic mass is 9.96. The van der Waals surface area contributed by atoms with Crippen LogP contribution in [0.1, 0.15) is 51.9 Å². The molecule has 2 aromatic rings. The Morgan fingerprint density at radius 2 is 1.66 bits per heavy atom. The third-order valence-corrected chi connectivity index (χ3v) is 6.70. The highest BCUT2D eigenvalue weighted by Gasteiger charge is 2.48. The number of ether oxygens (including phenoxy) is 2. The summed E-state index contributed by atoms with van der Waals surface area (Å²) in [7, 11) is -4.80. The van der Waals surface area contributed by atoms with Crippen LogP contribution in [0.25, 0.3) is 11.4 Å². The summed E-state index contributed by atoms with van der Waals surface area (Å²) >= 11 is 0. The second-order valence-corrected chi connectivity index (χ2v) is 11.3. The fraction of sp³-hybridized carbons (Fsp3) is 0.522. The van der Waals surface area contributed by atoms with Crippen LogP contribution in [0.5, 0.6) is 0 Å². The highest BCUT2D eigenvalue weighted by atomic mass is 32.2. The van der Waals surface area contributed by atoms with Gasteiger partial charge in [0, 0.05) is 5.56 Å². The van der Waals surface area contributed by atoms with Gasteiger partial charge in [-0.2, -0.15) is 8.42 Å². The maximum atomic E-state index is 12.1. The first-order valence-corrected chi connectivity index (χ1v) is 13.1. The summed E-state index contributed by atoms with van der Waals surface area (Å²) in [6.07, 6.45) is -1.13. The Morgan fingerprint density at radius 1 is 1.05 bits per heavy atom. The van der Waals surface area contributed by atoms with Crippen molar-refractivity contribution >= 4 is 27.9 Å². The Labute approximate surface area is 219 Å². The molecule has 1 unspecified atom stereocenters. The summed E-state index contributed by atoms with van der Waals surface area (Å²) in [5.41, 5.74) is 0.130. The molecule has 1 fully saturated rings. The van der Waals surface area contributed by atoms with Gasteiger partial charge in [-0.3, -0.25) is 14.1 Å². The monoisotopic (exact) mass is 551 g/mol. The number of imide groups is 1. The van der Waals surface area contributed by atoms with Crippen LogP contribution in [0.3, 0.4) is 0 Å². The van der Waals surface area contributed by atoms with Gasteiger partial charge in [-0.1, -0.05) is 24.3 Å². The van der Waals surface area contributed by atoms with E-state index in [0.29, 0.717) is 11.6 Å². The maximum absolute atomic E-state index is 12.1. The molecule has 14 nitrogen and oxygen atoms in total. The second-order valence-electron chi connectivity index (χ2n) is 9.70. The van der Waals surface area contributed by atoms with Gasteiger partial charge in [0.15, 0.2) is 11.1 Å². The molecule has 38 heavy (non-hydrogen) atoms. The van der Waals surface area contributed by atoms with E-state index in [4.69, 9.17) is 14.0 Å². The average Bonchev–Trinajstić information content (AvgIpc) is 3.12. The smallest absolute Gasteiger partial charge is 0.335 e. The van der Waals surface area contributed by atoms with Gasteiger partial charge in [0.1, 0.15) is 0 Å². The standard InChI is InChI=1S/C23H29N5O9S/c1-14-24-26-20(27-25-14)15-6-8-16(9-7-15)23(4,5)36-13-22(2,3)35-11-10-19(30)37-28-18(29)12-17(21(28)31)38(32,33)34/h6-9,17H,10-13H2,1-5H3,(H,32,33,34). The molecule has 1 saturated heterocycles. The number of hydrogen-bond acceptors (Lipinski definition) is 12. The van der Waals surface area contributed by atoms with E-state index in [1.54, 1.807) is 20.8 Å². The van der Waals surface area contributed by atoms with Crippen LogP contribution in [0.2, 0.25) is 0 Å². The van der Waals surface area contributed by atoms with Gasteiger partial charge < -0.3 is 14.3 Å². The van der Waals surface area contributed by atoms with E-state index in [-0.39, 0.29) is 24.7 Å². The van der Waals surface area contributed by atoms with E-state index in [2.05, 4.69) is 25.2 Å². The lowest BCUT2D eigenvalue weighted by Gasteiger charge is -2.32. The van der Waals surface area contributed by atoms with Gasteiger partial charge in [-0.15, -0.1) is 25.5 Å². The summed E-state index contributed by atoms with van der Waals surface area (Å²) in [6, 6.07) is 7.46. The van der Waals surface area contributed by atoms with Crippen LogP contribution in [0, 0.1) is 6.92 Å². The van der Waals surface area contributed by atoms with Crippen LogP contribution in [0.15, 0.2) is 24.3 Å². The van der Waals surface area contributed by atoms with Crippen LogP contribution in [0.4, 0.5) is 0 Å². The van der Waals surface area contributed by atoms with Crippen molar-refractivity contribution in [3.05, 3.63) is 35.7 Å². The topological polar surface area (TPSA) is 188 Å². The number of aromatic nitrogens is 4. The van der Waals surface area contributed by atoms with Gasteiger partial charge in [0.05, 0.1) is 37.3 Å². The predicted molar refractivity (Wildman–Crippen MR) is 129 cm³/mol. The van der Waals surface area contributed by atoms with E-state index in [0.717, 1.165) is 11.1 Å². The van der Waals surface area contributed by atoms with E-state index in [9.17, 15) is 22.8 Å². The number of carbonyl (C=O) groups is 3. The molecule has 1 aliphatic heterocycles. The maximum Gasteiger partial charge on any atom is 0.335 e. The number of nitrogens with zero attached hydrogens (tertiary/aromatic N) is 5. The number of rotatable bonds is 11. The summed E-state index contributed by atoms with van der Waals surface area (Å²) < 4.78 is 43.2. The van der Waals surface area contributed by atoms with Gasteiger partial charge in [0.25, 0.3) is 21.9 Å². The van der Waals surface area contributed by atoms with Crippen molar-refractivity contribution in [2.75, 3.05) is 13.2 Å². The van der Waals surface area contributed by atoms with E-state index >= 15 is 0 Å². The zero-order chi connectivity index (χ0) is 28.3. The van der Waals surface area contributed by atoms with Crippen molar-refractivity contribution < 1.29 is 41.7 Å². The normalized spacial score (nSPS) is 16.7. The third kappa shape index (κ3) is 7.34. The zero-order valence-electron chi connectivity index (χ0n) is 21.6. The Kier molecular flexibility index (Phi) is 8.55. The Balaban J connectivity index is 1.48. The Morgan fingerprint density at radius 3 is 2.21 bits per heavy atom. The molecule has 2 heterocycles. The Bertz CT molecular complexity index is 1300. The molecule has 1 aromatic carbocycles. The molecule has 0 spiro atoms. The molecule has 1 atom stereocenters. The molecule has 1 aromatic heterocycles. The molecular weight excluding hydrogens is 522 g/mol. The van der Waals surface area contributed by atoms with Crippen LogP contribution >= 0.6 is 0 Å². The number of carbonyl (C=O) groups excluding carboxylic acids is 3. The van der Waals surface area contributed by atoms with Crippen LogP contribution < -0.4 is 0 Å². The summed E-state index contributed by atoms with van der Waals surface area (Å²) in [5.74, 6) is -2.47. The lowest BCUT2D eigenvalue weighted by molar-refractivity contribution is -0.199. The van der Waals surface area contributed by atoms with Crippen LogP contribution in [-0.2, 0) is 44.4 Å². The minimum atomic E-state index is -4.80. The minimum Gasteiger partial charge on any atom is -0.373 e. The second kappa shape index (κ2) is 11.1. The van der Waals surface area contributed by atoms with Crippen molar-refractivity contribution in [1.82, 2.24) is 25.5 Å². The van der Waals surface area contributed by atoms with E-state index < -0.39 is 50.8 Å². The van der Waals surface area contributed by atoms with Gasteiger partial charge in [-0.05, 0) is 40.2 Å².